The summed E-state index contributed by atoms with van der Waals surface area (Å²) in [6.45, 7) is 0.458. The third kappa shape index (κ3) is 3.64. The standard InChI is InChI=1S/C11H16N2O4/c1-2-3-4-5-12-11(17)13-7-8(14)6-9(13)10(15)16/h1,8-9,14H,3-7H2,(H,12,17)(H,15,16)/t8-,9-/m1/s1. The fraction of sp³-hybridized carbons (Fsp3) is 0.636. The molecule has 0 spiro atoms. The van der Waals surface area contributed by atoms with E-state index in [-0.39, 0.29) is 13.0 Å². The highest BCUT2D eigenvalue weighted by atomic mass is 16.4. The molecule has 1 aliphatic heterocycles. The molecule has 2 atom stereocenters. The van der Waals surface area contributed by atoms with Crippen LogP contribution in [0, 0.1) is 12.3 Å². The van der Waals surface area contributed by atoms with Crippen LogP contribution < -0.4 is 5.32 Å². The topological polar surface area (TPSA) is 89.9 Å². The van der Waals surface area contributed by atoms with Crippen LogP contribution in [0.1, 0.15) is 19.3 Å². The van der Waals surface area contributed by atoms with Crippen LogP contribution in [0.25, 0.3) is 0 Å². The molecule has 1 rings (SSSR count). The van der Waals surface area contributed by atoms with Crippen LogP contribution >= 0.6 is 0 Å². The Hall–Kier alpha value is -1.74. The van der Waals surface area contributed by atoms with Crippen molar-refractivity contribution in [2.24, 2.45) is 0 Å². The highest BCUT2D eigenvalue weighted by molar-refractivity contribution is 5.83. The van der Waals surface area contributed by atoms with Gasteiger partial charge in [0.2, 0.25) is 0 Å². The maximum atomic E-state index is 11.7. The molecule has 17 heavy (non-hydrogen) atoms. The van der Waals surface area contributed by atoms with Gasteiger partial charge in [0.15, 0.2) is 0 Å². The van der Waals surface area contributed by atoms with E-state index in [0.29, 0.717) is 19.4 Å². The summed E-state index contributed by atoms with van der Waals surface area (Å²) in [6.07, 6.45) is 5.58. The molecule has 0 aromatic heterocycles. The van der Waals surface area contributed by atoms with Gasteiger partial charge in [-0.3, -0.25) is 0 Å². The SMILES string of the molecule is C#CCCCNC(=O)N1C[C@H](O)C[C@@H]1C(=O)O. The lowest BCUT2D eigenvalue weighted by Crippen LogP contribution is -2.46. The lowest BCUT2D eigenvalue weighted by molar-refractivity contribution is -0.141. The van der Waals surface area contributed by atoms with Crippen molar-refractivity contribution in [3.63, 3.8) is 0 Å². The predicted octanol–water partition coefficient (Wildman–Crippen LogP) is -0.371. The van der Waals surface area contributed by atoms with E-state index in [1.807, 2.05) is 0 Å². The monoisotopic (exact) mass is 240 g/mol. The Kier molecular flexibility index (Phi) is 4.79. The summed E-state index contributed by atoms with van der Waals surface area (Å²) in [4.78, 5) is 23.7. The third-order valence-electron chi connectivity index (χ3n) is 2.60. The van der Waals surface area contributed by atoms with Crippen LogP contribution in [0.2, 0.25) is 0 Å². The number of carboxylic acids is 1. The molecule has 6 heteroatoms. The zero-order chi connectivity index (χ0) is 12.8. The molecule has 1 saturated heterocycles. The number of terminal acetylenes is 1. The molecule has 1 heterocycles. The summed E-state index contributed by atoms with van der Waals surface area (Å²) in [5, 5.41) is 20.8. The number of aliphatic hydroxyl groups is 1. The number of hydrogen-bond acceptors (Lipinski definition) is 3. The molecular formula is C11H16N2O4. The number of carbonyl (C=O) groups excluding carboxylic acids is 1. The van der Waals surface area contributed by atoms with Gasteiger partial charge in [0, 0.05) is 25.9 Å². The second kappa shape index (κ2) is 6.11. The summed E-state index contributed by atoms with van der Waals surface area (Å²) in [6, 6.07) is -1.41. The lowest BCUT2D eigenvalue weighted by Gasteiger charge is -2.21. The second-order valence-corrected chi connectivity index (χ2v) is 3.94. The van der Waals surface area contributed by atoms with E-state index in [0.717, 1.165) is 4.90 Å². The summed E-state index contributed by atoms with van der Waals surface area (Å²) in [5.74, 6) is 1.35. The number of nitrogens with one attached hydrogen (secondary N) is 1. The van der Waals surface area contributed by atoms with Gasteiger partial charge in [0.1, 0.15) is 6.04 Å². The van der Waals surface area contributed by atoms with Crippen molar-refractivity contribution >= 4 is 12.0 Å². The third-order valence-corrected chi connectivity index (χ3v) is 2.60. The van der Waals surface area contributed by atoms with E-state index in [4.69, 9.17) is 11.5 Å². The van der Waals surface area contributed by atoms with Crippen molar-refractivity contribution in [2.75, 3.05) is 13.1 Å². The molecule has 0 unspecified atom stereocenters. The van der Waals surface area contributed by atoms with E-state index in [1.165, 1.54) is 0 Å². The Balaban J connectivity index is 2.44. The molecule has 0 radical (unpaired) electrons. The fourth-order valence-corrected chi connectivity index (χ4v) is 1.76. The number of likely N-dealkylation sites (tertiary alicyclic amines) is 1. The maximum absolute atomic E-state index is 11.7. The molecule has 1 aliphatic rings. The van der Waals surface area contributed by atoms with Crippen molar-refractivity contribution in [1.29, 1.82) is 0 Å². The minimum atomic E-state index is -1.10. The second-order valence-electron chi connectivity index (χ2n) is 3.94. The number of nitrogens with zero attached hydrogens (tertiary/aromatic N) is 1. The van der Waals surface area contributed by atoms with Gasteiger partial charge in [0.05, 0.1) is 6.10 Å². The highest BCUT2D eigenvalue weighted by Gasteiger charge is 2.38. The summed E-state index contributed by atoms with van der Waals surface area (Å²) >= 11 is 0. The number of rotatable bonds is 4. The number of aliphatic hydroxyl groups excluding tert-OH is 1. The number of carboxylic acid groups (broad SMARTS) is 1. The van der Waals surface area contributed by atoms with Crippen LogP contribution in [0.15, 0.2) is 0 Å². The van der Waals surface area contributed by atoms with E-state index >= 15 is 0 Å². The van der Waals surface area contributed by atoms with Gasteiger partial charge in [0.25, 0.3) is 0 Å². The van der Waals surface area contributed by atoms with Crippen molar-refractivity contribution in [2.45, 2.75) is 31.4 Å². The zero-order valence-electron chi connectivity index (χ0n) is 9.43. The van der Waals surface area contributed by atoms with E-state index < -0.39 is 24.1 Å². The van der Waals surface area contributed by atoms with Crippen LogP contribution in [0.4, 0.5) is 4.79 Å². The van der Waals surface area contributed by atoms with Crippen molar-refractivity contribution in [1.82, 2.24) is 10.2 Å². The number of amides is 2. The molecule has 3 N–H and O–H groups in total. The van der Waals surface area contributed by atoms with Crippen molar-refractivity contribution in [3.05, 3.63) is 0 Å². The van der Waals surface area contributed by atoms with Crippen molar-refractivity contribution in [3.8, 4) is 12.3 Å². The molecular weight excluding hydrogens is 224 g/mol. The average Bonchev–Trinajstić information content (AvgIpc) is 2.66. The number of hydrogen-bond donors (Lipinski definition) is 3. The van der Waals surface area contributed by atoms with Crippen LogP contribution in [0.5, 0.6) is 0 Å². The summed E-state index contributed by atoms with van der Waals surface area (Å²) < 4.78 is 0. The number of carbonyl (C=O) groups is 2. The molecule has 0 aromatic carbocycles. The lowest BCUT2D eigenvalue weighted by atomic mass is 10.2. The molecule has 2 amide bonds. The first-order valence-corrected chi connectivity index (χ1v) is 5.45. The predicted molar refractivity (Wildman–Crippen MR) is 60.2 cm³/mol. The van der Waals surface area contributed by atoms with Crippen LogP contribution in [-0.4, -0.2) is 52.3 Å². The average molecular weight is 240 g/mol. The molecule has 6 nitrogen and oxygen atoms in total. The first-order valence-electron chi connectivity index (χ1n) is 5.45. The minimum absolute atomic E-state index is 0.0535. The van der Waals surface area contributed by atoms with Crippen LogP contribution in [0.3, 0.4) is 0 Å². The largest absolute Gasteiger partial charge is 0.480 e. The molecule has 1 fully saturated rings. The highest BCUT2D eigenvalue weighted by Crippen LogP contribution is 2.17. The van der Waals surface area contributed by atoms with Crippen LogP contribution in [-0.2, 0) is 4.79 Å². The Morgan fingerprint density at radius 3 is 2.82 bits per heavy atom. The Morgan fingerprint density at radius 2 is 2.24 bits per heavy atom. The van der Waals surface area contributed by atoms with Gasteiger partial charge in [-0.1, -0.05) is 0 Å². The number of aliphatic carboxylic acids is 1. The first-order chi connectivity index (χ1) is 8.06. The van der Waals surface area contributed by atoms with E-state index in [9.17, 15) is 14.7 Å². The first kappa shape index (κ1) is 13.3. The molecule has 0 saturated carbocycles. The molecule has 0 aliphatic carbocycles. The molecule has 94 valence electrons. The zero-order valence-corrected chi connectivity index (χ0v) is 9.43. The molecule has 0 bridgehead atoms. The normalized spacial score (nSPS) is 23.2. The minimum Gasteiger partial charge on any atom is -0.480 e. The Labute approximate surface area is 99.6 Å². The van der Waals surface area contributed by atoms with E-state index in [1.54, 1.807) is 0 Å². The Bertz CT molecular complexity index is 337. The maximum Gasteiger partial charge on any atom is 0.326 e. The van der Waals surface area contributed by atoms with Gasteiger partial charge in [-0.15, -0.1) is 12.3 Å². The van der Waals surface area contributed by atoms with Gasteiger partial charge in [-0.2, -0.15) is 0 Å². The van der Waals surface area contributed by atoms with Gasteiger partial charge in [-0.05, 0) is 6.42 Å². The van der Waals surface area contributed by atoms with Gasteiger partial charge in [-0.25, -0.2) is 9.59 Å². The summed E-state index contributed by atoms with van der Waals surface area (Å²) in [5.41, 5.74) is 0. The number of urea groups is 1. The quantitative estimate of drug-likeness (QED) is 0.462. The van der Waals surface area contributed by atoms with E-state index in [2.05, 4.69) is 11.2 Å². The van der Waals surface area contributed by atoms with Gasteiger partial charge >= 0.3 is 12.0 Å². The van der Waals surface area contributed by atoms with Gasteiger partial charge < -0.3 is 20.4 Å². The summed E-state index contributed by atoms with van der Waals surface area (Å²) in [7, 11) is 0. The number of unbranched alkanes of at least 4 members (excludes halogenated alkanes) is 1. The Morgan fingerprint density at radius 1 is 1.53 bits per heavy atom. The molecule has 0 aromatic rings. The van der Waals surface area contributed by atoms with Crippen molar-refractivity contribution < 1.29 is 19.8 Å². The smallest absolute Gasteiger partial charge is 0.326 e. The number of β-amino-alcohol motifs (C(OH)–C–C–N with tert-alkyl or cyclic N) is 1. The fourth-order valence-electron chi connectivity index (χ4n) is 1.76.